The highest BCUT2D eigenvalue weighted by molar-refractivity contribution is 5.69. The van der Waals surface area contributed by atoms with Gasteiger partial charge in [-0.3, -0.25) is 14.4 Å². The molecule has 0 aliphatic rings. The number of ether oxygens (including phenoxy) is 3. The molecule has 6 heteroatoms. The number of hydrogen-bond donors (Lipinski definition) is 0. The maximum atomic E-state index is 11.2. The lowest BCUT2D eigenvalue weighted by Crippen LogP contribution is -2.38. The minimum absolute atomic E-state index is 0.0426. The molecule has 0 aromatic carbocycles. The van der Waals surface area contributed by atoms with E-state index in [9.17, 15) is 14.4 Å². The zero-order valence-electron chi connectivity index (χ0n) is 11.8. The SMILES string of the molecule is CCC(=O)OCC(CC)(COC=O)COC(=O)CC. The van der Waals surface area contributed by atoms with Gasteiger partial charge in [0.25, 0.3) is 6.47 Å². The molecule has 0 N–H and O–H groups in total. The second-order valence-electron chi connectivity index (χ2n) is 4.29. The van der Waals surface area contributed by atoms with E-state index in [-0.39, 0.29) is 44.6 Å². The van der Waals surface area contributed by atoms with E-state index in [1.165, 1.54) is 0 Å². The van der Waals surface area contributed by atoms with E-state index in [0.717, 1.165) is 0 Å². The van der Waals surface area contributed by atoms with Gasteiger partial charge in [-0.05, 0) is 6.42 Å². The van der Waals surface area contributed by atoms with Crippen molar-refractivity contribution in [1.29, 1.82) is 0 Å². The highest BCUT2D eigenvalue weighted by atomic mass is 16.6. The lowest BCUT2D eigenvalue weighted by Gasteiger charge is -2.30. The summed E-state index contributed by atoms with van der Waals surface area (Å²) in [6, 6.07) is 0. The Hall–Kier alpha value is -1.59. The summed E-state index contributed by atoms with van der Waals surface area (Å²) in [5, 5.41) is 0. The van der Waals surface area contributed by atoms with Crippen LogP contribution in [0.1, 0.15) is 40.0 Å². The molecule has 0 amide bonds. The summed E-state index contributed by atoms with van der Waals surface area (Å²) in [6.07, 6.45) is 1.08. The maximum Gasteiger partial charge on any atom is 0.305 e. The van der Waals surface area contributed by atoms with Gasteiger partial charge >= 0.3 is 11.9 Å². The summed E-state index contributed by atoms with van der Waals surface area (Å²) in [7, 11) is 0. The normalized spacial score (nSPS) is 10.7. The van der Waals surface area contributed by atoms with Crippen LogP contribution in [0.3, 0.4) is 0 Å². The van der Waals surface area contributed by atoms with Crippen molar-refractivity contribution < 1.29 is 28.6 Å². The van der Waals surface area contributed by atoms with E-state index < -0.39 is 5.41 Å². The van der Waals surface area contributed by atoms with Gasteiger partial charge in [-0.25, -0.2) is 0 Å². The van der Waals surface area contributed by atoms with E-state index in [2.05, 4.69) is 0 Å². The second-order valence-corrected chi connectivity index (χ2v) is 4.29. The molecule has 19 heavy (non-hydrogen) atoms. The lowest BCUT2D eigenvalue weighted by atomic mass is 9.88. The minimum Gasteiger partial charge on any atom is -0.467 e. The Bertz CT molecular complexity index is 280. The Labute approximate surface area is 113 Å². The van der Waals surface area contributed by atoms with Crippen LogP contribution < -0.4 is 0 Å². The Morgan fingerprint density at radius 2 is 1.42 bits per heavy atom. The maximum absolute atomic E-state index is 11.2. The Morgan fingerprint density at radius 3 is 1.74 bits per heavy atom. The van der Waals surface area contributed by atoms with Gasteiger partial charge in [0, 0.05) is 12.8 Å². The fourth-order valence-corrected chi connectivity index (χ4v) is 1.31. The summed E-state index contributed by atoms with van der Waals surface area (Å²) in [5.74, 6) is -0.684. The lowest BCUT2D eigenvalue weighted by molar-refractivity contribution is -0.158. The first kappa shape index (κ1) is 17.4. The van der Waals surface area contributed by atoms with Gasteiger partial charge in [0.2, 0.25) is 0 Å². The molecule has 0 rings (SSSR count). The number of carbonyl (C=O) groups is 3. The number of rotatable bonds is 10. The molecule has 0 fully saturated rings. The van der Waals surface area contributed by atoms with Gasteiger partial charge < -0.3 is 14.2 Å². The topological polar surface area (TPSA) is 78.9 Å². The standard InChI is InChI=1S/C13H22O6/c1-4-11(15)18-8-13(6-3,7-17-10-14)9-19-12(16)5-2/h10H,4-9H2,1-3H3. The quantitative estimate of drug-likeness (QED) is 0.341. The highest BCUT2D eigenvalue weighted by Gasteiger charge is 2.33. The molecule has 0 heterocycles. The van der Waals surface area contributed by atoms with Crippen molar-refractivity contribution in [2.45, 2.75) is 40.0 Å². The number of carbonyl (C=O) groups excluding carboxylic acids is 3. The molecule has 6 nitrogen and oxygen atoms in total. The minimum atomic E-state index is -0.684. The predicted molar refractivity (Wildman–Crippen MR) is 67.2 cm³/mol. The molecule has 0 saturated heterocycles. The Balaban J connectivity index is 4.60. The first-order valence-corrected chi connectivity index (χ1v) is 6.40. The molecule has 0 aliphatic heterocycles. The molecule has 0 aromatic heterocycles. The van der Waals surface area contributed by atoms with Crippen molar-refractivity contribution in [3.8, 4) is 0 Å². The summed E-state index contributed by atoms with van der Waals surface area (Å²) >= 11 is 0. The summed E-state index contributed by atoms with van der Waals surface area (Å²) in [4.78, 5) is 32.7. The summed E-state index contributed by atoms with van der Waals surface area (Å²) in [5.41, 5.74) is -0.684. The van der Waals surface area contributed by atoms with Crippen molar-refractivity contribution in [3.63, 3.8) is 0 Å². The fraction of sp³-hybridized carbons (Fsp3) is 0.769. The smallest absolute Gasteiger partial charge is 0.305 e. The predicted octanol–water partition coefficient (Wildman–Crippen LogP) is 1.46. The second kappa shape index (κ2) is 9.35. The van der Waals surface area contributed by atoms with Crippen molar-refractivity contribution in [2.75, 3.05) is 19.8 Å². The Kier molecular flexibility index (Phi) is 8.57. The third-order valence-corrected chi connectivity index (χ3v) is 2.86. The molecule has 0 aliphatic carbocycles. The molecular formula is C13H22O6. The first-order valence-electron chi connectivity index (χ1n) is 6.40. The van der Waals surface area contributed by atoms with Crippen LogP contribution in [0.15, 0.2) is 0 Å². The fourth-order valence-electron chi connectivity index (χ4n) is 1.31. The monoisotopic (exact) mass is 274 g/mol. The van der Waals surface area contributed by atoms with Crippen LogP contribution in [-0.4, -0.2) is 38.2 Å². The summed E-state index contributed by atoms with van der Waals surface area (Å²) < 4.78 is 14.9. The van der Waals surface area contributed by atoms with Crippen LogP contribution in [0.5, 0.6) is 0 Å². The Morgan fingerprint density at radius 1 is 0.947 bits per heavy atom. The van der Waals surface area contributed by atoms with Gasteiger partial charge in [0.15, 0.2) is 0 Å². The molecular weight excluding hydrogens is 252 g/mol. The van der Waals surface area contributed by atoms with Gasteiger partial charge in [-0.2, -0.15) is 0 Å². The van der Waals surface area contributed by atoms with Crippen LogP contribution in [0, 0.1) is 5.41 Å². The van der Waals surface area contributed by atoms with Crippen molar-refractivity contribution in [3.05, 3.63) is 0 Å². The molecule has 0 saturated carbocycles. The summed E-state index contributed by atoms with van der Waals surface area (Å²) in [6.45, 7) is 5.72. The molecule has 110 valence electrons. The zero-order chi connectivity index (χ0) is 14.7. The molecule has 0 radical (unpaired) electrons. The largest absolute Gasteiger partial charge is 0.467 e. The highest BCUT2D eigenvalue weighted by Crippen LogP contribution is 2.24. The molecule has 0 bridgehead atoms. The molecule has 0 aromatic rings. The van der Waals surface area contributed by atoms with Gasteiger partial charge in [0.1, 0.15) is 19.8 Å². The first-order chi connectivity index (χ1) is 9.03. The number of esters is 2. The molecule has 0 unspecified atom stereocenters. The van der Waals surface area contributed by atoms with Crippen LogP contribution in [0.25, 0.3) is 0 Å². The van der Waals surface area contributed by atoms with Gasteiger partial charge in [-0.15, -0.1) is 0 Å². The van der Waals surface area contributed by atoms with Gasteiger partial charge in [-0.1, -0.05) is 20.8 Å². The zero-order valence-corrected chi connectivity index (χ0v) is 11.8. The number of hydrogen-bond acceptors (Lipinski definition) is 6. The van der Waals surface area contributed by atoms with Crippen molar-refractivity contribution in [1.82, 2.24) is 0 Å². The van der Waals surface area contributed by atoms with E-state index >= 15 is 0 Å². The van der Waals surface area contributed by atoms with E-state index in [1.807, 2.05) is 6.92 Å². The average molecular weight is 274 g/mol. The molecule has 0 atom stereocenters. The van der Waals surface area contributed by atoms with Crippen molar-refractivity contribution >= 4 is 18.4 Å². The average Bonchev–Trinajstić information content (AvgIpc) is 2.46. The van der Waals surface area contributed by atoms with Gasteiger partial charge in [0.05, 0.1) is 5.41 Å². The van der Waals surface area contributed by atoms with Crippen LogP contribution >= 0.6 is 0 Å². The van der Waals surface area contributed by atoms with Crippen molar-refractivity contribution in [2.24, 2.45) is 5.41 Å². The third kappa shape index (κ3) is 6.79. The van der Waals surface area contributed by atoms with Crippen LogP contribution in [0.4, 0.5) is 0 Å². The van der Waals surface area contributed by atoms with E-state index in [0.29, 0.717) is 12.9 Å². The van der Waals surface area contributed by atoms with E-state index in [4.69, 9.17) is 14.2 Å². The van der Waals surface area contributed by atoms with E-state index in [1.54, 1.807) is 13.8 Å². The third-order valence-electron chi connectivity index (χ3n) is 2.86. The van der Waals surface area contributed by atoms with Crippen LogP contribution in [-0.2, 0) is 28.6 Å². The van der Waals surface area contributed by atoms with Crippen LogP contribution in [0.2, 0.25) is 0 Å². The molecule has 0 spiro atoms.